The first-order valence-corrected chi connectivity index (χ1v) is 11.5. The van der Waals surface area contributed by atoms with Crippen LogP contribution in [0.15, 0.2) is 54.9 Å². The van der Waals surface area contributed by atoms with Gasteiger partial charge in [0.25, 0.3) is 5.91 Å². The Labute approximate surface area is 185 Å². The number of aryl methyl sites for hydroxylation is 1. The third-order valence-corrected chi connectivity index (χ3v) is 7.21. The highest BCUT2D eigenvalue weighted by atomic mass is 32.1. The molecule has 3 heterocycles. The van der Waals surface area contributed by atoms with Crippen molar-refractivity contribution in [2.45, 2.75) is 38.3 Å². The van der Waals surface area contributed by atoms with Crippen molar-refractivity contribution >= 4 is 23.3 Å². The van der Waals surface area contributed by atoms with Crippen molar-refractivity contribution in [3.05, 3.63) is 76.4 Å². The molecule has 0 atom stereocenters. The summed E-state index contributed by atoms with van der Waals surface area (Å²) in [6.07, 6.45) is 7.89. The van der Waals surface area contributed by atoms with Crippen LogP contribution in [0, 0.1) is 0 Å². The molecule has 3 aromatic rings. The Morgan fingerprint density at radius 1 is 1.03 bits per heavy atom. The number of hydrogen-bond donors (Lipinski definition) is 1. The third-order valence-electron chi connectivity index (χ3n) is 5.91. The van der Waals surface area contributed by atoms with Crippen molar-refractivity contribution in [2.75, 3.05) is 13.1 Å². The fraction of sp³-hybridized carbons (Fsp3) is 0.333. The van der Waals surface area contributed by atoms with E-state index in [1.54, 1.807) is 11.3 Å². The van der Waals surface area contributed by atoms with Gasteiger partial charge in [0.2, 0.25) is 0 Å². The van der Waals surface area contributed by atoms with Crippen LogP contribution in [-0.4, -0.2) is 40.6 Å². The summed E-state index contributed by atoms with van der Waals surface area (Å²) in [7, 11) is 0. The Hall–Kier alpha value is -3.06. The molecular formula is C24H25N3O3S. The second-order valence-corrected chi connectivity index (χ2v) is 9.18. The molecule has 2 aliphatic rings. The molecule has 0 spiro atoms. The van der Waals surface area contributed by atoms with Gasteiger partial charge in [-0.1, -0.05) is 30.3 Å². The van der Waals surface area contributed by atoms with Gasteiger partial charge in [0, 0.05) is 30.4 Å². The molecule has 2 aromatic heterocycles. The number of nitrogens with zero attached hydrogens (tertiary/aromatic N) is 2. The highest BCUT2D eigenvalue weighted by Crippen LogP contribution is 2.38. The topological polar surface area (TPSA) is 63.6 Å². The van der Waals surface area contributed by atoms with E-state index >= 15 is 0 Å². The largest absolute Gasteiger partial charge is 0.445 e. The van der Waals surface area contributed by atoms with Crippen LogP contribution >= 0.6 is 11.3 Å². The molecule has 1 N–H and O–H groups in total. The summed E-state index contributed by atoms with van der Waals surface area (Å²) >= 11 is 1.74. The van der Waals surface area contributed by atoms with Crippen LogP contribution in [-0.2, 0) is 24.2 Å². The van der Waals surface area contributed by atoms with E-state index < -0.39 is 6.09 Å². The smallest absolute Gasteiger partial charge is 0.407 e. The Morgan fingerprint density at radius 3 is 2.55 bits per heavy atom. The van der Waals surface area contributed by atoms with Crippen LogP contribution in [0.2, 0.25) is 0 Å². The van der Waals surface area contributed by atoms with E-state index in [9.17, 15) is 9.59 Å². The third kappa shape index (κ3) is 4.10. The summed E-state index contributed by atoms with van der Waals surface area (Å²) in [5, 5.41) is 3.88. The molecule has 0 unspecified atom stereocenters. The lowest BCUT2D eigenvalue weighted by atomic mass is 9.94. The average molecular weight is 436 g/mol. The van der Waals surface area contributed by atoms with Gasteiger partial charge in [-0.15, -0.1) is 11.3 Å². The zero-order chi connectivity index (χ0) is 21.2. The van der Waals surface area contributed by atoms with Gasteiger partial charge in [-0.25, -0.2) is 4.79 Å². The normalized spacial score (nSPS) is 15.8. The molecule has 0 saturated carbocycles. The van der Waals surface area contributed by atoms with Gasteiger partial charge < -0.3 is 19.5 Å². The minimum Gasteiger partial charge on any atom is -0.445 e. The van der Waals surface area contributed by atoms with Crippen LogP contribution in [0.25, 0.3) is 5.00 Å². The van der Waals surface area contributed by atoms with Crippen LogP contribution in [0.1, 0.15) is 39.2 Å². The first kappa shape index (κ1) is 19.9. The number of ether oxygens (including phenoxy) is 1. The number of hydrogen-bond acceptors (Lipinski definition) is 4. The number of fused-ring (bicyclic) bond motifs is 1. The van der Waals surface area contributed by atoms with E-state index in [1.807, 2.05) is 64.3 Å². The van der Waals surface area contributed by atoms with Crippen LogP contribution < -0.4 is 5.32 Å². The van der Waals surface area contributed by atoms with Crippen molar-refractivity contribution < 1.29 is 14.3 Å². The zero-order valence-electron chi connectivity index (χ0n) is 17.3. The highest BCUT2D eigenvalue weighted by molar-refractivity contribution is 7.15. The van der Waals surface area contributed by atoms with E-state index in [0.29, 0.717) is 13.1 Å². The maximum Gasteiger partial charge on any atom is 0.407 e. The van der Waals surface area contributed by atoms with Crippen molar-refractivity contribution in [3.8, 4) is 5.00 Å². The molecule has 31 heavy (non-hydrogen) atoms. The lowest BCUT2D eigenvalue weighted by Crippen LogP contribution is -2.61. The number of benzene rings is 1. The number of carbonyl (C=O) groups is 2. The van der Waals surface area contributed by atoms with Gasteiger partial charge in [-0.05, 0) is 48.9 Å². The Morgan fingerprint density at radius 2 is 1.77 bits per heavy atom. The minimum atomic E-state index is -0.443. The summed E-state index contributed by atoms with van der Waals surface area (Å²) in [5.74, 6) is 0.0683. The highest BCUT2D eigenvalue weighted by Gasteiger charge is 2.36. The summed E-state index contributed by atoms with van der Waals surface area (Å²) in [6, 6.07) is 13.5. The number of alkyl carbamates (subject to hydrolysis) is 1. The standard InChI is InChI=1S/C24H25N3O3S/c28-22(21-19-10-4-5-11-20(19)31-23(21)26-12-6-7-13-26)27-14-18(15-27)25-24(29)30-16-17-8-2-1-3-9-17/h1-3,6-9,12-13,18H,4-5,10-11,14-16H2,(H,25,29). The summed E-state index contributed by atoms with van der Waals surface area (Å²) < 4.78 is 7.34. The fourth-order valence-corrected chi connectivity index (χ4v) is 5.60. The van der Waals surface area contributed by atoms with E-state index in [2.05, 4.69) is 5.32 Å². The molecule has 1 aliphatic carbocycles. The Kier molecular flexibility index (Phi) is 5.51. The first-order chi connectivity index (χ1) is 15.2. The molecule has 5 rings (SSSR count). The number of thiophene rings is 1. The SMILES string of the molecule is O=C(NC1CN(C(=O)c2c(-n3cccc3)sc3c2CCCC3)C1)OCc1ccccc1. The summed E-state index contributed by atoms with van der Waals surface area (Å²) in [4.78, 5) is 28.7. The van der Waals surface area contributed by atoms with Crippen LogP contribution in [0.4, 0.5) is 4.79 Å². The van der Waals surface area contributed by atoms with E-state index in [4.69, 9.17) is 4.74 Å². The molecular weight excluding hydrogens is 410 g/mol. The predicted octanol–water partition coefficient (Wildman–Crippen LogP) is 4.17. The van der Waals surface area contributed by atoms with Gasteiger partial charge in [0.15, 0.2) is 0 Å². The Bertz CT molecular complexity index is 1070. The van der Waals surface area contributed by atoms with E-state index in [1.165, 1.54) is 16.9 Å². The number of rotatable bonds is 5. The van der Waals surface area contributed by atoms with E-state index in [0.717, 1.165) is 35.4 Å². The lowest BCUT2D eigenvalue weighted by Gasteiger charge is -2.39. The van der Waals surface area contributed by atoms with Crippen LogP contribution in [0.5, 0.6) is 0 Å². The maximum atomic E-state index is 13.4. The van der Waals surface area contributed by atoms with Crippen molar-refractivity contribution in [3.63, 3.8) is 0 Å². The Balaban J connectivity index is 1.22. The monoisotopic (exact) mass is 435 g/mol. The fourth-order valence-electron chi connectivity index (χ4n) is 4.25. The van der Waals surface area contributed by atoms with Gasteiger partial charge in [-0.3, -0.25) is 4.79 Å². The molecule has 1 aromatic carbocycles. The molecule has 7 heteroatoms. The lowest BCUT2D eigenvalue weighted by molar-refractivity contribution is 0.0545. The van der Waals surface area contributed by atoms with Gasteiger partial charge >= 0.3 is 6.09 Å². The maximum absolute atomic E-state index is 13.4. The second kappa shape index (κ2) is 8.59. The number of carbonyl (C=O) groups excluding carboxylic acids is 2. The zero-order valence-corrected chi connectivity index (χ0v) is 18.1. The molecule has 1 saturated heterocycles. The number of aromatic nitrogens is 1. The van der Waals surface area contributed by atoms with Gasteiger partial charge in [0.1, 0.15) is 11.6 Å². The summed E-state index contributed by atoms with van der Waals surface area (Å²) in [5.41, 5.74) is 3.02. The number of likely N-dealkylation sites (tertiary alicyclic amines) is 1. The molecule has 6 nitrogen and oxygen atoms in total. The van der Waals surface area contributed by atoms with Gasteiger partial charge in [0.05, 0.1) is 11.6 Å². The number of amides is 2. The second-order valence-electron chi connectivity index (χ2n) is 8.09. The van der Waals surface area contributed by atoms with Crippen molar-refractivity contribution in [1.29, 1.82) is 0 Å². The van der Waals surface area contributed by atoms with Crippen molar-refractivity contribution in [1.82, 2.24) is 14.8 Å². The molecule has 1 aliphatic heterocycles. The van der Waals surface area contributed by atoms with Crippen LogP contribution in [0.3, 0.4) is 0 Å². The van der Waals surface area contributed by atoms with Crippen molar-refractivity contribution in [2.24, 2.45) is 0 Å². The van der Waals surface area contributed by atoms with E-state index in [-0.39, 0.29) is 18.6 Å². The molecule has 0 radical (unpaired) electrons. The molecule has 2 amide bonds. The molecule has 0 bridgehead atoms. The predicted molar refractivity (Wildman–Crippen MR) is 120 cm³/mol. The quantitative estimate of drug-likeness (QED) is 0.654. The van der Waals surface area contributed by atoms with Gasteiger partial charge in [-0.2, -0.15) is 0 Å². The first-order valence-electron chi connectivity index (χ1n) is 10.7. The summed E-state index contributed by atoms with van der Waals surface area (Å²) in [6.45, 7) is 1.26. The molecule has 1 fully saturated rings. The number of nitrogens with one attached hydrogen (secondary N) is 1. The minimum absolute atomic E-state index is 0.0683. The average Bonchev–Trinajstić information content (AvgIpc) is 3.42. The molecule has 160 valence electrons.